The standard InChI is InChI=1S/C13H17BrN2O2S/c1-9-2-3-12(14)13(4-9)19(17,18)16-7-10-5-15-6-11(10)8-16/h2-4,10-11,15H,5-8H2,1H3/t10-,11+. The molecule has 2 saturated heterocycles. The van der Waals surface area contributed by atoms with Crippen LogP contribution in [0.4, 0.5) is 0 Å². The second-order valence-electron chi connectivity index (χ2n) is 5.43. The van der Waals surface area contributed by atoms with Gasteiger partial charge in [0.1, 0.15) is 0 Å². The smallest absolute Gasteiger partial charge is 0.244 e. The first-order chi connectivity index (χ1) is 8.98. The third-order valence-electron chi connectivity index (χ3n) is 4.06. The third-order valence-corrected chi connectivity index (χ3v) is 6.89. The van der Waals surface area contributed by atoms with Crippen molar-refractivity contribution in [3.05, 3.63) is 28.2 Å². The van der Waals surface area contributed by atoms with Gasteiger partial charge in [-0.25, -0.2) is 8.42 Å². The van der Waals surface area contributed by atoms with Crippen LogP contribution in [0.25, 0.3) is 0 Å². The molecule has 1 aromatic rings. The molecular formula is C13H17BrN2O2S. The summed E-state index contributed by atoms with van der Waals surface area (Å²) >= 11 is 3.36. The average molecular weight is 345 g/mol. The van der Waals surface area contributed by atoms with Crippen molar-refractivity contribution < 1.29 is 8.42 Å². The zero-order chi connectivity index (χ0) is 13.6. The SMILES string of the molecule is Cc1ccc(Br)c(S(=O)(=O)N2C[C@H]3CNC[C@H]3C2)c1. The molecule has 3 rings (SSSR count). The number of hydrogen-bond acceptors (Lipinski definition) is 3. The van der Waals surface area contributed by atoms with Crippen molar-refractivity contribution in [2.45, 2.75) is 11.8 Å². The Morgan fingerprint density at radius 2 is 1.89 bits per heavy atom. The van der Waals surface area contributed by atoms with Crippen molar-refractivity contribution >= 4 is 26.0 Å². The van der Waals surface area contributed by atoms with Gasteiger partial charge in [-0.1, -0.05) is 6.07 Å². The lowest BCUT2D eigenvalue weighted by molar-refractivity contribution is 0.447. The van der Waals surface area contributed by atoms with E-state index < -0.39 is 10.0 Å². The van der Waals surface area contributed by atoms with Crippen molar-refractivity contribution in [1.82, 2.24) is 9.62 Å². The van der Waals surface area contributed by atoms with E-state index in [-0.39, 0.29) is 0 Å². The highest BCUT2D eigenvalue weighted by Gasteiger charge is 2.41. The normalized spacial score (nSPS) is 27.7. The number of sulfonamides is 1. The fraction of sp³-hybridized carbons (Fsp3) is 0.538. The molecule has 6 heteroatoms. The summed E-state index contributed by atoms with van der Waals surface area (Å²) in [4.78, 5) is 0.389. The first-order valence-corrected chi connectivity index (χ1v) is 8.69. The number of fused-ring (bicyclic) bond motifs is 1. The quantitative estimate of drug-likeness (QED) is 0.886. The predicted molar refractivity (Wildman–Crippen MR) is 77.5 cm³/mol. The molecule has 2 atom stereocenters. The summed E-state index contributed by atoms with van der Waals surface area (Å²) in [6, 6.07) is 5.46. The molecule has 2 fully saturated rings. The van der Waals surface area contributed by atoms with E-state index in [1.165, 1.54) is 0 Å². The van der Waals surface area contributed by atoms with Crippen LogP contribution in [0.1, 0.15) is 5.56 Å². The predicted octanol–water partition coefficient (Wildman–Crippen LogP) is 1.60. The Morgan fingerprint density at radius 1 is 1.26 bits per heavy atom. The maximum atomic E-state index is 12.7. The second kappa shape index (κ2) is 4.84. The highest BCUT2D eigenvalue weighted by Crippen LogP contribution is 2.33. The lowest BCUT2D eigenvalue weighted by atomic mass is 10.0. The van der Waals surface area contributed by atoms with E-state index in [1.54, 1.807) is 16.4 Å². The lowest BCUT2D eigenvalue weighted by Crippen LogP contribution is -2.32. The summed E-state index contributed by atoms with van der Waals surface area (Å²) in [5.74, 6) is 0.941. The second-order valence-corrected chi connectivity index (χ2v) is 8.19. The largest absolute Gasteiger partial charge is 0.316 e. The van der Waals surface area contributed by atoms with E-state index in [9.17, 15) is 8.42 Å². The van der Waals surface area contributed by atoms with Crippen molar-refractivity contribution in [2.75, 3.05) is 26.2 Å². The average Bonchev–Trinajstić information content (AvgIpc) is 2.92. The minimum Gasteiger partial charge on any atom is -0.316 e. The monoisotopic (exact) mass is 344 g/mol. The maximum absolute atomic E-state index is 12.7. The molecule has 0 saturated carbocycles. The van der Waals surface area contributed by atoms with Crippen molar-refractivity contribution in [2.24, 2.45) is 11.8 Å². The van der Waals surface area contributed by atoms with Gasteiger partial charge in [-0.15, -0.1) is 0 Å². The van der Waals surface area contributed by atoms with Gasteiger partial charge in [0, 0.05) is 17.6 Å². The third kappa shape index (κ3) is 2.35. The van der Waals surface area contributed by atoms with Crippen molar-refractivity contribution in [1.29, 1.82) is 0 Å². The van der Waals surface area contributed by atoms with Crippen LogP contribution in [0.5, 0.6) is 0 Å². The van der Waals surface area contributed by atoms with Gasteiger partial charge in [0.2, 0.25) is 10.0 Å². The molecule has 2 aliphatic heterocycles. The summed E-state index contributed by atoms with van der Waals surface area (Å²) in [5, 5.41) is 3.33. The zero-order valence-corrected chi connectivity index (χ0v) is 13.2. The molecule has 1 aromatic carbocycles. The van der Waals surface area contributed by atoms with Gasteiger partial charge in [-0.05, 0) is 65.5 Å². The summed E-state index contributed by atoms with van der Waals surface area (Å²) in [7, 11) is -3.38. The number of benzene rings is 1. The number of hydrogen-bond donors (Lipinski definition) is 1. The highest BCUT2D eigenvalue weighted by molar-refractivity contribution is 9.10. The molecule has 2 heterocycles. The summed E-state index contributed by atoms with van der Waals surface area (Å²) < 4.78 is 27.7. The molecule has 0 bridgehead atoms. The number of halogens is 1. The molecular weight excluding hydrogens is 328 g/mol. The molecule has 0 aliphatic carbocycles. The van der Waals surface area contributed by atoms with Crippen LogP contribution in [-0.4, -0.2) is 38.9 Å². The van der Waals surface area contributed by atoms with Gasteiger partial charge in [0.15, 0.2) is 0 Å². The molecule has 0 spiro atoms. The molecule has 4 nitrogen and oxygen atoms in total. The van der Waals surface area contributed by atoms with Gasteiger partial charge >= 0.3 is 0 Å². The van der Waals surface area contributed by atoms with E-state index in [4.69, 9.17) is 0 Å². The summed E-state index contributed by atoms with van der Waals surface area (Å²) in [6.07, 6.45) is 0. The first kappa shape index (κ1) is 13.5. The van der Waals surface area contributed by atoms with Crippen LogP contribution in [0.2, 0.25) is 0 Å². The van der Waals surface area contributed by atoms with Crippen LogP contribution in [-0.2, 0) is 10.0 Å². The number of nitrogens with zero attached hydrogens (tertiary/aromatic N) is 1. The zero-order valence-electron chi connectivity index (χ0n) is 10.8. The molecule has 2 aliphatic rings. The Kier molecular flexibility index (Phi) is 3.45. The molecule has 19 heavy (non-hydrogen) atoms. The Bertz CT molecular complexity index is 591. The lowest BCUT2D eigenvalue weighted by Gasteiger charge is -2.18. The molecule has 0 unspecified atom stereocenters. The number of aryl methyl sites for hydroxylation is 1. The van der Waals surface area contributed by atoms with Gasteiger partial charge < -0.3 is 5.32 Å². The van der Waals surface area contributed by atoms with Crippen molar-refractivity contribution in [3.63, 3.8) is 0 Å². The maximum Gasteiger partial charge on any atom is 0.244 e. The highest BCUT2D eigenvalue weighted by atomic mass is 79.9. The van der Waals surface area contributed by atoms with Gasteiger partial charge in [0.25, 0.3) is 0 Å². The molecule has 0 radical (unpaired) electrons. The van der Waals surface area contributed by atoms with E-state index >= 15 is 0 Å². The topological polar surface area (TPSA) is 49.4 Å². The number of rotatable bonds is 2. The van der Waals surface area contributed by atoms with Gasteiger partial charge in [0.05, 0.1) is 4.90 Å². The molecule has 104 valence electrons. The van der Waals surface area contributed by atoms with E-state index in [2.05, 4.69) is 21.2 Å². The van der Waals surface area contributed by atoms with Crippen LogP contribution in [0, 0.1) is 18.8 Å². The van der Waals surface area contributed by atoms with E-state index in [1.807, 2.05) is 13.0 Å². The van der Waals surface area contributed by atoms with Crippen LogP contribution in [0.3, 0.4) is 0 Å². The Morgan fingerprint density at radius 3 is 2.53 bits per heavy atom. The fourth-order valence-corrected chi connectivity index (χ4v) is 5.52. The fourth-order valence-electron chi connectivity index (χ4n) is 2.96. The Labute approximate surface area is 122 Å². The van der Waals surface area contributed by atoms with E-state index in [0.717, 1.165) is 18.7 Å². The van der Waals surface area contributed by atoms with Gasteiger partial charge in [-0.2, -0.15) is 4.31 Å². The molecule has 0 amide bonds. The summed E-state index contributed by atoms with van der Waals surface area (Å²) in [6.45, 7) is 5.06. The Balaban J connectivity index is 1.93. The number of nitrogens with one attached hydrogen (secondary N) is 1. The van der Waals surface area contributed by atoms with Gasteiger partial charge in [-0.3, -0.25) is 0 Å². The first-order valence-electron chi connectivity index (χ1n) is 6.45. The van der Waals surface area contributed by atoms with Crippen LogP contribution >= 0.6 is 15.9 Å². The Hall–Kier alpha value is -0.430. The minimum absolute atomic E-state index is 0.389. The van der Waals surface area contributed by atoms with Crippen LogP contribution < -0.4 is 5.32 Å². The summed E-state index contributed by atoms with van der Waals surface area (Å²) in [5.41, 5.74) is 0.961. The molecule has 1 N–H and O–H groups in total. The van der Waals surface area contributed by atoms with Crippen LogP contribution in [0.15, 0.2) is 27.6 Å². The minimum atomic E-state index is -3.38. The van der Waals surface area contributed by atoms with Crippen molar-refractivity contribution in [3.8, 4) is 0 Å². The van der Waals surface area contributed by atoms with E-state index in [0.29, 0.717) is 34.3 Å². The molecule has 0 aromatic heterocycles.